The molecule has 2 N–H and O–H groups in total. The molecule has 1 aromatic heterocycles. The molecule has 1 aliphatic rings. The lowest BCUT2D eigenvalue weighted by Crippen LogP contribution is -2.41. The highest BCUT2D eigenvalue weighted by atomic mass is 35.5. The lowest BCUT2D eigenvalue weighted by Gasteiger charge is -2.14. The minimum Gasteiger partial charge on any atom is -0.345 e. The van der Waals surface area contributed by atoms with Crippen LogP contribution in [0.25, 0.3) is 11.5 Å². The Labute approximate surface area is 141 Å². The second-order valence-corrected chi connectivity index (χ2v) is 6.12. The average molecular weight is 357 g/mol. The molecule has 3 rings (SSSR count). The van der Waals surface area contributed by atoms with E-state index in [-0.39, 0.29) is 11.7 Å². The summed E-state index contributed by atoms with van der Waals surface area (Å²) < 4.78 is 31.4. The molecule has 1 amide bonds. The number of rotatable bonds is 4. The van der Waals surface area contributed by atoms with Gasteiger partial charge in [-0.2, -0.15) is 4.98 Å². The normalized spacial score (nSPS) is 20.8. The molecular weight excluding hydrogens is 342 g/mol. The number of hydrogen-bond acceptors (Lipinski definition) is 5. The molecule has 0 saturated carbocycles. The summed E-state index contributed by atoms with van der Waals surface area (Å²) >= 11 is 5.82. The summed E-state index contributed by atoms with van der Waals surface area (Å²) in [6.07, 6.45) is -0.520. The first-order valence-corrected chi connectivity index (χ1v) is 7.73. The van der Waals surface area contributed by atoms with Crippen molar-refractivity contribution in [3.63, 3.8) is 0 Å². The van der Waals surface area contributed by atoms with Crippen LogP contribution in [-0.4, -0.2) is 34.6 Å². The summed E-state index contributed by atoms with van der Waals surface area (Å²) in [4.78, 5) is 16.2. The summed E-state index contributed by atoms with van der Waals surface area (Å²) in [5.74, 6) is -2.83. The Balaban J connectivity index is 1.64. The van der Waals surface area contributed by atoms with Crippen LogP contribution in [0.15, 0.2) is 28.8 Å². The van der Waals surface area contributed by atoms with Crippen LogP contribution >= 0.6 is 11.6 Å². The zero-order chi connectivity index (χ0) is 17.3. The predicted octanol–water partition coefficient (Wildman–Crippen LogP) is 2.56. The van der Waals surface area contributed by atoms with Gasteiger partial charge in [-0.05, 0) is 31.2 Å². The number of nitrogens with zero attached hydrogens (tertiary/aromatic N) is 2. The number of nitrogens with one attached hydrogen (secondary N) is 2. The number of carbonyl (C=O) groups is 1. The lowest BCUT2D eigenvalue weighted by atomic mass is 10.1. The molecule has 0 radical (unpaired) electrons. The van der Waals surface area contributed by atoms with E-state index in [0.717, 1.165) is 0 Å². The van der Waals surface area contributed by atoms with Gasteiger partial charge in [0.15, 0.2) is 5.82 Å². The summed E-state index contributed by atoms with van der Waals surface area (Å²) in [5.41, 5.74) is 0.689. The second kappa shape index (κ2) is 6.45. The third kappa shape index (κ3) is 3.70. The van der Waals surface area contributed by atoms with Crippen molar-refractivity contribution in [3.8, 4) is 11.5 Å². The van der Waals surface area contributed by atoms with Crippen molar-refractivity contribution in [3.05, 3.63) is 35.1 Å². The van der Waals surface area contributed by atoms with E-state index >= 15 is 0 Å². The molecule has 0 bridgehead atoms. The fourth-order valence-electron chi connectivity index (χ4n) is 2.40. The van der Waals surface area contributed by atoms with Crippen LogP contribution in [0.5, 0.6) is 0 Å². The Morgan fingerprint density at radius 3 is 2.79 bits per heavy atom. The van der Waals surface area contributed by atoms with Crippen molar-refractivity contribution in [2.24, 2.45) is 0 Å². The monoisotopic (exact) mass is 356 g/mol. The summed E-state index contributed by atoms with van der Waals surface area (Å²) in [5, 5.41) is 9.51. The van der Waals surface area contributed by atoms with Crippen LogP contribution in [0.2, 0.25) is 5.02 Å². The molecule has 24 heavy (non-hydrogen) atoms. The van der Waals surface area contributed by atoms with E-state index in [4.69, 9.17) is 16.1 Å². The van der Waals surface area contributed by atoms with Crippen LogP contribution in [0.1, 0.15) is 25.2 Å². The molecule has 0 aliphatic carbocycles. The van der Waals surface area contributed by atoms with E-state index < -0.39 is 36.9 Å². The Morgan fingerprint density at radius 2 is 2.17 bits per heavy atom. The molecule has 2 heterocycles. The van der Waals surface area contributed by atoms with Crippen LogP contribution in [-0.2, 0) is 4.79 Å². The van der Waals surface area contributed by atoms with Gasteiger partial charge in [-0.25, -0.2) is 8.78 Å². The van der Waals surface area contributed by atoms with E-state index in [2.05, 4.69) is 20.8 Å². The lowest BCUT2D eigenvalue weighted by molar-refractivity contribution is -0.124. The fourth-order valence-corrected chi connectivity index (χ4v) is 2.53. The largest absolute Gasteiger partial charge is 0.345 e. The third-order valence-electron chi connectivity index (χ3n) is 3.71. The zero-order valence-electron chi connectivity index (χ0n) is 12.7. The van der Waals surface area contributed by atoms with Gasteiger partial charge in [0.1, 0.15) is 0 Å². The predicted molar refractivity (Wildman–Crippen MR) is 82.7 cm³/mol. The first-order chi connectivity index (χ1) is 11.3. The van der Waals surface area contributed by atoms with E-state index in [9.17, 15) is 13.6 Å². The van der Waals surface area contributed by atoms with Crippen LogP contribution in [0.4, 0.5) is 8.78 Å². The number of alkyl halides is 2. The van der Waals surface area contributed by atoms with Crippen molar-refractivity contribution in [1.29, 1.82) is 0 Å². The van der Waals surface area contributed by atoms with E-state index in [1.54, 1.807) is 31.2 Å². The highest BCUT2D eigenvalue weighted by molar-refractivity contribution is 6.30. The van der Waals surface area contributed by atoms with Gasteiger partial charge in [-0.15, -0.1) is 0 Å². The van der Waals surface area contributed by atoms with E-state index in [1.807, 2.05) is 0 Å². The number of carbonyl (C=O) groups excluding carboxylic acids is 1. The molecule has 128 valence electrons. The smallest absolute Gasteiger partial charge is 0.262 e. The van der Waals surface area contributed by atoms with Gasteiger partial charge in [-0.3, -0.25) is 10.1 Å². The molecule has 1 saturated heterocycles. The molecule has 1 fully saturated rings. The SMILES string of the molecule is CC(NC(=O)C1CC(F)(F)CN1)c1noc(-c2ccc(Cl)cc2)n1. The standard InChI is InChI=1S/C15H15ClF2N4O2/c1-8(20-13(23)11-6-15(17,18)7-19-11)12-21-14(24-22-12)9-2-4-10(16)5-3-9/h2-5,8,11,19H,6-7H2,1H3,(H,20,23). The van der Waals surface area contributed by atoms with Gasteiger partial charge >= 0.3 is 0 Å². The van der Waals surface area contributed by atoms with Crippen LogP contribution in [0.3, 0.4) is 0 Å². The molecule has 9 heteroatoms. The molecule has 2 atom stereocenters. The maximum atomic E-state index is 13.1. The van der Waals surface area contributed by atoms with Gasteiger partial charge < -0.3 is 9.84 Å². The molecular formula is C15H15ClF2N4O2. The summed E-state index contributed by atoms with van der Waals surface area (Å²) in [6.45, 7) is 1.16. The Kier molecular flexibility index (Phi) is 4.51. The third-order valence-corrected chi connectivity index (χ3v) is 3.96. The first-order valence-electron chi connectivity index (χ1n) is 7.35. The minimum atomic E-state index is -2.86. The number of halogens is 3. The van der Waals surface area contributed by atoms with E-state index in [0.29, 0.717) is 10.6 Å². The summed E-state index contributed by atoms with van der Waals surface area (Å²) in [6, 6.07) is 5.35. The quantitative estimate of drug-likeness (QED) is 0.880. The van der Waals surface area contributed by atoms with Crippen molar-refractivity contribution in [2.45, 2.75) is 31.4 Å². The minimum absolute atomic E-state index is 0.262. The molecule has 2 unspecified atom stereocenters. The van der Waals surface area contributed by atoms with Gasteiger partial charge in [0.25, 0.3) is 11.8 Å². The second-order valence-electron chi connectivity index (χ2n) is 5.69. The van der Waals surface area contributed by atoms with Gasteiger partial charge in [0.2, 0.25) is 5.91 Å². The average Bonchev–Trinajstić information content (AvgIpc) is 3.14. The highest BCUT2D eigenvalue weighted by Gasteiger charge is 2.42. The van der Waals surface area contributed by atoms with Gasteiger partial charge in [-0.1, -0.05) is 16.8 Å². The Hall–Kier alpha value is -2.06. The van der Waals surface area contributed by atoms with Gasteiger partial charge in [0, 0.05) is 17.0 Å². The number of amides is 1. The Bertz CT molecular complexity index is 735. The number of hydrogen-bond donors (Lipinski definition) is 2. The Morgan fingerprint density at radius 1 is 1.46 bits per heavy atom. The molecule has 0 spiro atoms. The van der Waals surface area contributed by atoms with Crippen molar-refractivity contribution >= 4 is 17.5 Å². The van der Waals surface area contributed by atoms with E-state index in [1.165, 1.54) is 0 Å². The first kappa shape index (κ1) is 16.8. The van der Waals surface area contributed by atoms with Crippen molar-refractivity contribution < 1.29 is 18.1 Å². The highest BCUT2D eigenvalue weighted by Crippen LogP contribution is 2.26. The summed E-state index contributed by atoms with van der Waals surface area (Å²) in [7, 11) is 0. The fraction of sp³-hybridized carbons (Fsp3) is 0.400. The van der Waals surface area contributed by atoms with Gasteiger partial charge in [0.05, 0.1) is 18.6 Å². The topological polar surface area (TPSA) is 80.0 Å². The maximum absolute atomic E-state index is 13.1. The molecule has 2 aromatic rings. The van der Waals surface area contributed by atoms with Crippen LogP contribution in [0, 0.1) is 0 Å². The zero-order valence-corrected chi connectivity index (χ0v) is 13.5. The van der Waals surface area contributed by atoms with Crippen molar-refractivity contribution in [1.82, 2.24) is 20.8 Å². The van der Waals surface area contributed by atoms with Crippen molar-refractivity contribution in [2.75, 3.05) is 6.54 Å². The molecule has 1 aromatic carbocycles. The van der Waals surface area contributed by atoms with Crippen LogP contribution < -0.4 is 10.6 Å². The molecule has 1 aliphatic heterocycles. The number of benzene rings is 1. The maximum Gasteiger partial charge on any atom is 0.262 e. The molecule has 6 nitrogen and oxygen atoms in total. The number of aromatic nitrogens is 2.